The minimum Gasteiger partial charge on any atom is -0.411 e. The lowest BCUT2D eigenvalue weighted by Crippen LogP contribution is -1.99. The molecule has 0 amide bonds. The maximum Gasteiger partial charge on any atom is 0.159 e. The molecule has 5 nitrogen and oxygen atoms in total. The van der Waals surface area contributed by atoms with Crippen LogP contribution in [0.15, 0.2) is 41.6 Å². The molecule has 0 unspecified atom stereocenters. The minimum atomic E-state index is 0.0430. The summed E-state index contributed by atoms with van der Waals surface area (Å²) in [6.07, 6.45) is 1.71. The number of nitrogens with zero attached hydrogens (tertiary/aromatic N) is 1. The SMILES string of the molecule is CCc1cc(/C(C)=N/O)ccc1CO.CCc1cc(C(C)=O)ccc1CO. The molecule has 0 saturated carbocycles. The van der Waals surface area contributed by atoms with Gasteiger partial charge in [-0.15, -0.1) is 0 Å². The van der Waals surface area contributed by atoms with Gasteiger partial charge < -0.3 is 15.4 Å². The van der Waals surface area contributed by atoms with Crippen LogP contribution in [0.3, 0.4) is 0 Å². The molecule has 0 spiro atoms. The first-order valence-electron chi connectivity index (χ1n) is 9.06. The first-order chi connectivity index (χ1) is 12.9. The number of benzene rings is 2. The van der Waals surface area contributed by atoms with Gasteiger partial charge in [-0.05, 0) is 66.6 Å². The van der Waals surface area contributed by atoms with Crippen LogP contribution >= 0.6 is 0 Å². The normalized spacial score (nSPS) is 11.0. The molecule has 0 saturated heterocycles. The summed E-state index contributed by atoms with van der Waals surface area (Å²) in [6, 6.07) is 11.1. The van der Waals surface area contributed by atoms with Gasteiger partial charge in [0.25, 0.3) is 0 Å². The Balaban J connectivity index is 0.000000271. The summed E-state index contributed by atoms with van der Waals surface area (Å²) in [6.45, 7) is 7.43. The van der Waals surface area contributed by atoms with E-state index in [1.807, 2.05) is 44.2 Å². The average Bonchev–Trinajstić information content (AvgIpc) is 2.72. The van der Waals surface area contributed by atoms with Gasteiger partial charge in [0, 0.05) is 5.56 Å². The molecule has 0 aliphatic carbocycles. The summed E-state index contributed by atoms with van der Waals surface area (Å²) in [5.74, 6) is 0.0687. The molecule has 0 radical (unpaired) electrons. The summed E-state index contributed by atoms with van der Waals surface area (Å²) < 4.78 is 0. The second-order valence-corrected chi connectivity index (χ2v) is 6.23. The zero-order valence-electron chi connectivity index (χ0n) is 16.5. The van der Waals surface area contributed by atoms with Gasteiger partial charge in [-0.2, -0.15) is 0 Å². The van der Waals surface area contributed by atoms with E-state index in [-0.39, 0.29) is 19.0 Å². The Morgan fingerprint density at radius 3 is 1.63 bits per heavy atom. The van der Waals surface area contributed by atoms with Gasteiger partial charge in [0.05, 0.1) is 18.9 Å². The first kappa shape index (κ1) is 22.5. The number of carbonyl (C=O) groups is 1. The summed E-state index contributed by atoms with van der Waals surface area (Å²) in [5.41, 5.74) is 6.18. The van der Waals surface area contributed by atoms with Crippen molar-refractivity contribution in [2.24, 2.45) is 5.16 Å². The van der Waals surface area contributed by atoms with Gasteiger partial charge in [0.1, 0.15) is 0 Å². The number of aliphatic hydroxyl groups excluding tert-OH is 2. The second kappa shape index (κ2) is 11.3. The van der Waals surface area contributed by atoms with Gasteiger partial charge >= 0.3 is 0 Å². The number of hydrogen-bond donors (Lipinski definition) is 3. The fourth-order valence-electron chi connectivity index (χ4n) is 2.72. The third-order valence-electron chi connectivity index (χ3n) is 4.49. The molecule has 2 aromatic carbocycles. The molecule has 0 atom stereocenters. The highest BCUT2D eigenvalue weighted by Gasteiger charge is 2.04. The fourth-order valence-corrected chi connectivity index (χ4v) is 2.72. The highest BCUT2D eigenvalue weighted by Crippen LogP contribution is 2.14. The van der Waals surface area contributed by atoms with Crippen molar-refractivity contribution >= 4 is 11.5 Å². The first-order valence-corrected chi connectivity index (χ1v) is 9.06. The molecular formula is C22H29NO4. The Labute approximate surface area is 161 Å². The average molecular weight is 371 g/mol. The number of oxime groups is 1. The third kappa shape index (κ3) is 6.31. The maximum atomic E-state index is 11.1. The zero-order valence-corrected chi connectivity index (χ0v) is 16.5. The molecule has 0 aromatic heterocycles. The van der Waals surface area contributed by atoms with Crippen LogP contribution in [0.25, 0.3) is 0 Å². The van der Waals surface area contributed by atoms with E-state index >= 15 is 0 Å². The van der Waals surface area contributed by atoms with Crippen LogP contribution in [0, 0.1) is 0 Å². The van der Waals surface area contributed by atoms with Gasteiger partial charge in [-0.3, -0.25) is 4.79 Å². The van der Waals surface area contributed by atoms with Crippen LogP contribution in [-0.4, -0.2) is 26.9 Å². The van der Waals surface area contributed by atoms with Gasteiger partial charge in [-0.1, -0.05) is 43.3 Å². The Morgan fingerprint density at radius 2 is 1.26 bits per heavy atom. The standard InChI is InChI=1S/C11H15NO2.C11H14O2/c1-3-9-6-10(8(2)12-14)4-5-11(9)7-13;1-3-9-6-10(8(2)13)4-5-11(9)7-12/h4-6,13-14H,3,7H2,1-2H3;4-6,12H,3,7H2,1-2H3/b12-8+;. The highest BCUT2D eigenvalue weighted by molar-refractivity contribution is 5.98. The molecular weight excluding hydrogens is 342 g/mol. The maximum absolute atomic E-state index is 11.1. The quantitative estimate of drug-likeness (QED) is 0.311. The molecule has 0 fully saturated rings. The van der Waals surface area contributed by atoms with E-state index in [2.05, 4.69) is 5.16 Å². The number of rotatable bonds is 6. The lowest BCUT2D eigenvalue weighted by atomic mass is 10.0. The van der Waals surface area contributed by atoms with E-state index in [1.54, 1.807) is 19.9 Å². The highest BCUT2D eigenvalue weighted by atomic mass is 16.4. The number of carbonyl (C=O) groups excluding carboxylic acids is 1. The summed E-state index contributed by atoms with van der Waals surface area (Å²) in [7, 11) is 0. The predicted molar refractivity (Wildman–Crippen MR) is 107 cm³/mol. The van der Waals surface area contributed by atoms with Crippen LogP contribution in [0.2, 0.25) is 0 Å². The molecule has 2 aromatic rings. The third-order valence-corrected chi connectivity index (χ3v) is 4.49. The molecule has 5 heteroatoms. The molecule has 0 aliphatic heterocycles. The van der Waals surface area contributed by atoms with Crippen molar-refractivity contribution in [1.82, 2.24) is 0 Å². The Hall–Kier alpha value is -2.50. The van der Waals surface area contributed by atoms with E-state index in [0.717, 1.165) is 40.7 Å². The van der Waals surface area contributed by atoms with Gasteiger partial charge in [0.15, 0.2) is 5.78 Å². The van der Waals surface area contributed by atoms with E-state index in [0.29, 0.717) is 11.3 Å². The number of Topliss-reactive ketones (excluding diaryl/α,β-unsaturated/α-hetero) is 1. The van der Waals surface area contributed by atoms with Gasteiger partial charge in [0.2, 0.25) is 0 Å². The number of hydrogen-bond acceptors (Lipinski definition) is 5. The molecule has 0 bridgehead atoms. The number of aliphatic hydroxyl groups is 2. The monoisotopic (exact) mass is 371 g/mol. The van der Waals surface area contributed by atoms with E-state index < -0.39 is 0 Å². The van der Waals surface area contributed by atoms with E-state index in [4.69, 9.17) is 15.4 Å². The second-order valence-electron chi connectivity index (χ2n) is 6.23. The van der Waals surface area contributed by atoms with Crippen molar-refractivity contribution in [1.29, 1.82) is 0 Å². The van der Waals surface area contributed by atoms with Crippen LogP contribution in [-0.2, 0) is 26.1 Å². The van der Waals surface area contributed by atoms with Crippen molar-refractivity contribution in [3.8, 4) is 0 Å². The number of aryl methyl sites for hydroxylation is 2. The van der Waals surface area contributed by atoms with E-state index in [9.17, 15) is 4.79 Å². The van der Waals surface area contributed by atoms with Crippen molar-refractivity contribution in [3.63, 3.8) is 0 Å². The fraction of sp³-hybridized carbons (Fsp3) is 0.364. The zero-order chi connectivity index (χ0) is 20.4. The molecule has 0 heterocycles. The van der Waals surface area contributed by atoms with E-state index in [1.165, 1.54) is 0 Å². The van der Waals surface area contributed by atoms with Crippen molar-refractivity contribution in [3.05, 3.63) is 69.8 Å². The molecule has 27 heavy (non-hydrogen) atoms. The Bertz CT molecular complexity index is 797. The predicted octanol–water partition coefficient (Wildman–Crippen LogP) is 3.88. The topological polar surface area (TPSA) is 90.1 Å². The van der Waals surface area contributed by atoms with Crippen LogP contribution < -0.4 is 0 Å². The van der Waals surface area contributed by atoms with Crippen molar-refractivity contribution in [2.45, 2.75) is 53.8 Å². The summed E-state index contributed by atoms with van der Waals surface area (Å²) in [5, 5.41) is 29.8. The van der Waals surface area contributed by atoms with Crippen LogP contribution in [0.5, 0.6) is 0 Å². The molecule has 3 N–H and O–H groups in total. The van der Waals surface area contributed by atoms with Crippen molar-refractivity contribution < 1.29 is 20.2 Å². The van der Waals surface area contributed by atoms with Gasteiger partial charge in [-0.25, -0.2) is 0 Å². The lowest BCUT2D eigenvalue weighted by Gasteiger charge is -2.07. The Morgan fingerprint density at radius 1 is 0.815 bits per heavy atom. The molecule has 146 valence electrons. The molecule has 2 rings (SSSR count). The number of ketones is 1. The largest absolute Gasteiger partial charge is 0.411 e. The lowest BCUT2D eigenvalue weighted by molar-refractivity contribution is 0.101. The smallest absolute Gasteiger partial charge is 0.159 e. The van der Waals surface area contributed by atoms with Crippen molar-refractivity contribution in [2.75, 3.05) is 0 Å². The summed E-state index contributed by atoms with van der Waals surface area (Å²) >= 11 is 0. The molecule has 0 aliphatic rings. The Kier molecular flexibility index (Phi) is 9.40. The van der Waals surface area contributed by atoms with Crippen LogP contribution in [0.1, 0.15) is 65.9 Å². The summed E-state index contributed by atoms with van der Waals surface area (Å²) in [4.78, 5) is 11.1. The minimum absolute atomic E-state index is 0.0430. The van der Waals surface area contributed by atoms with Crippen LogP contribution in [0.4, 0.5) is 0 Å².